The predicted octanol–water partition coefficient (Wildman–Crippen LogP) is 5.47. The maximum absolute atomic E-state index is 12.9. The third-order valence-electron chi connectivity index (χ3n) is 7.51. The molecule has 196 valence electrons. The van der Waals surface area contributed by atoms with Crippen LogP contribution in [0.4, 0.5) is 0 Å². The van der Waals surface area contributed by atoms with Gasteiger partial charge in [-0.15, -0.1) is 0 Å². The monoisotopic (exact) mass is 512 g/mol. The Labute approximate surface area is 223 Å². The molecule has 6 heteroatoms. The molecule has 1 aliphatic rings. The van der Waals surface area contributed by atoms with Crippen LogP contribution in [0.5, 0.6) is 0 Å². The van der Waals surface area contributed by atoms with E-state index >= 15 is 0 Å². The zero-order chi connectivity index (χ0) is 27.4. The molecule has 0 radical (unpaired) electrons. The summed E-state index contributed by atoms with van der Waals surface area (Å²) < 4.78 is 10.3. The van der Waals surface area contributed by atoms with Crippen molar-refractivity contribution in [3.05, 3.63) is 106 Å². The molecule has 3 aromatic rings. The van der Waals surface area contributed by atoms with Crippen molar-refractivity contribution in [1.82, 2.24) is 0 Å². The lowest BCUT2D eigenvalue weighted by atomic mass is 9.52. The molecular weight excluding hydrogens is 480 g/mol. The molecule has 1 aliphatic carbocycles. The van der Waals surface area contributed by atoms with Gasteiger partial charge in [-0.3, -0.25) is 19.2 Å². The summed E-state index contributed by atoms with van der Waals surface area (Å²) >= 11 is 0. The molecule has 1 fully saturated rings. The minimum absolute atomic E-state index is 0.00577. The van der Waals surface area contributed by atoms with Gasteiger partial charge >= 0.3 is 11.9 Å². The number of ether oxygens (including phenoxy) is 2. The maximum Gasteiger partial charge on any atom is 0.309 e. The van der Waals surface area contributed by atoms with Crippen LogP contribution in [0.2, 0.25) is 0 Å². The molecule has 6 nitrogen and oxygen atoms in total. The highest BCUT2D eigenvalue weighted by atomic mass is 16.5. The Morgan fingerprint density at radius 1 is 0.684 bits per heavy atom. The quantitative estimate of drug-likeness (QED) is 0.279. The number of hydrogen-bond donors (Lipinski definition) is 0. The predicted molar refractivity (Wildman–Crippen MR) is 143 cm³/mol. The summed E-state index contributed by atoms with van der Waals surface area (Å²) in [4.78, 5) is 50.8. The van der Waals surface area contributed by atoms with Crippen LogP contribution in [0.3, 0.4) is 0 Å². The van der Waals surface area contributed by atoms with E-state index in [1.807, 2.05) is 55.5 Å². The molecule has 0 N–H and O–H groups in total. The Kier molecular flexibility index (Phi) is 8.20. The summed E-state index contributed by atoms with van der Waals surface area (Å²) in [5, 5.41) is 0. The molecule has 0 aromatic heterocycles. The minimum atomic E-state index is -0.543. The summed E-state index contributed by atoms with van der Waals surface area (Å²) in [5.41, 5.74) is 4.61. The number of esters is 2. The van der Waals surface area contributed by atoms with Gasteiger partial charge in [-0.2, -0.15) is 0 Å². The highest BCUT2D eigenvalue weighted by molar-refractivity contribution is 6.02. The fourth-order valence-electron chi connectivity index (χ4n) is 5.44. The van der Waals surface area contributed by atoms with Crippen LogP contribution in [-0.4, -0.2) is 37.7 Å². The van der Waals surface area contributed by atoms with Crippen molar-refractivity contribution in [2.75, 3.05) is 14.2 Å². The first-order valence-electron chi connectivity index (χ1n) is 12.8. The molecule has 0 heterocycles. The largest absolute Gasteiger partial charge is 0.469 e. The van der Waals surface area contributed by atoms with Crippen LogP contribution >= 0.6 is 0 Å². The molecule has 0 aliphatic heterocycles. The lowest BCUT2D eigenvalue weighted by Crippen LogP contribution is -2.51. The molecule has 0 bridgehead atoms. The summed E-state index contributed by atoms with van der Waals surface area (Å²) in [6.07, 6.45) is 0.547. The van der Waals surface area contributed by atoms with Crippen molar-refractivity contribution in [2.24, 2.45) is 11.8 Å². The van der Waals surface area contributed by atoms with Crippen molar-refractivity contribution < 1.29 is 28.7 Å². The van der Waals surface area contributed by atoms with Gasteiger partial charge in [-0.1, -0.05) is 79.2 Å². The lowest BCUT2D eigenvalue weighted by molar-refractivity contribution is -0.164. The van der Waals surface area contributed by atoms with Gasteiger partial charge < -0.3 is 9.47 Å². The van der Waals surface area contributed by atoms with Gasteiger partial charge in [-0.05, 0) is 29.7 Å². The smallest absolute Gasteiger partial charge is 0.309 e. The molecule has 2 atom stereocenters. The number of rotatable bonds is 9. The normalized spacial score (nSPS) is 20.2. The van der Waals surface area contributed by atoms with E-state index in [-0.39, 0.29) is 35.8 Å². The van der Waals surface area contributed by atoms with E-state index < -0.39 is 17.8 Å². The molecule has 3 aromatic carbocycles. The fourth-order valence-corrected chi connectivity index (χ4v) is 5.44. The lowest BCUT2D eigenvalue weighted by Gasteiger charge is -2.49. The standard InChI is InChI=1S/C32H32O6/c1-5-25(33)23-7-6-8-24(18-23)26(34)17-20-11-15-22(16-12-20)28-29(31(35)37-3)27(30(28)32(36)38-4)21-13-9-19(2)10-14-21/h6-16,18,27-30H,5,17H2,1-4H3. The zero-order valence-corrected chi connectivity index (χ0v) is 22.1. The third-order valence-corrected chi connectivity index (χ3v) is 7.51. The SMILES string of the molecule is CCC(=O)c1cccc(C(=O)Cc2ccc(C3C(C(=O)OC)C(c4ccc(C)cc4)C3C(=O)OC)cc2)c1. The van der Waals surface area contributed by atoms with Gasteiger partial charge in [0.15, 0.2) is 11.6 Å². The first-order valence-corrected chi connectivity index (χ1v) is 12.8. The van der Waals surface area contributed by atoms with Gasteiger partial charge in [0.2, 0.25) is 0 Å². The molecule has 1 saturated carbocycles. The van der Waals surface area contributed by atoms with Crippen molar-refractivity contribution in [3.63, 3.8) is 0 Å². The van der Waals surface area contributed by atoms with Crippen LogP contribution in [-0.2, 0) is 25.5 Å². The Balaban J connectivity index is 1.59. The second-order valence-electron chi connectivity index (χ2n) is 9.76. The van der Waals surface area contributed by atoms with Gasteiger partial charge in [0.05, 0.1) is 26.1 Å². The number of carbonyl (C=O) groups is 4. The molecule has 0 saturated heterocycles. The number of carbonyl (C=O) groups excluding carboxylic acids is 4. The number of hydrogen-bond acceptors (Lipinski definition) is 6. The number of methoxy groups -OCH3 is 2. The number of Topliss-reactive ketones (excluding diaryl/α,β-unsaturated/α-hetero) is 2. The van der Waals surface area contributed by atoms with Crippen LogP contribution in [0, 0.1) is 18.8 Å². The van der Waals surface area contributed by atoms with E-state index in [2.05, 4.69) is 0 Å². The topological polar surface area (TPSA) is 86.7 Å². The van der Waals surface area contributed by atoms with Crippen LogP contribution in [0.1, 0.15) is 68.2 Å². The van der Waals surface area contributed by atoms with E-state index in [1.54, 1.807) is 31.2 Å². The molecule has 0 amide bonds. The summed E-state index contributed by atoms with van der Waals surface area (Å²) in [7, 11) is 2.71. The Hall–Kier alpha value is -4.06. The van der Waals surface area contributed by atoms with Crippen LogP contribution in [0.15, 0.2) is 72.8 Å². The van der Waals surface area contributed by atoms with Crippen molar-refractivity contribution >= 4 is 23.5 Å². The molecule has 38 heavy (non-hydrogen) atoms. The Morgan fingerprint density at radius 2 is 1.16 bits per heavy atom. The Bertz CT molecular complexity index is 1320. The molecule has 4 rings (SSSR count). The van der Waals surface area contributed by atoms with Crippen molar-refractivity contribution in [3.8, 4) is 0 Å². The Morgan fingerprint density at radius 3 is 1.63 bits per heavy atom. The molecule has 2 unspecified atom stereocenters. The molecule has 0 spiro atoms. The fraction of sp³-hybridized carbons (Fsp3) is 0.312. The van der Waals surface area contributed by atoms with Crippen molar-refractivity contribution in [2.45, 2.75) is 38.5 Å². The average molecular weight is 513 g/mol. The van der Waals surface area contributed by atoms with Crippen LogP contribution in [0.25, 0.3) is 0 Å². The van der Waals surface area contributed by atoms with Gasteiger partial charge in [-0.25, -0.2) is 0 Å². The van der Waals surface area contributed by atoms with Gasteiger partial charge in [0.1, 0.15) is 0 Å². The average Bonchev–Trinajstić information content (AvgIpc) is 2.93. The first kappa shape index (κ1) is 27.0. The second kappa shape index (κ2) is 11.5. The van der Waals surface area contributed by atoms with E-state index in [1.165, 1.54) is 14.2 Å². The maximum atomic E-state index is 12.9. The van der Waals surface area contributed by atoms with E-state index in [0.717, 1.165) is 22.3 Å². The summed E-state index contributed by atoms with van der Waals surface area (Å²) in [5.74, 6) is -2.71. The van der Waals surface area contributed by atoms with E-state index in [4.69, 9.17) is 9.47 Å². The third kappa shape index (κ3) is 5.30. The van der Waals surface area contributed by atoms with E-state index in [0.29, 0.717) is 17.5 Å². The van der Waals surface area contributed by atoms with E-state index in [9.17, 15) is 19.2 Å². The van der Waals surface area contributed by atoms with Crippen LogP contribution < -0.4 is 0 Å². The van der Waals surface area contributed by atoms with Gasteiger partial charge in [0, 0.05) is 35.8 Å². The zero-order valence-electron chi connectivity index (χ0n) is 22.1. The summed E-state index contributed by atoms with van der Waals surface area (Å²) in [6.45, 7) is 3.77. The number of benzene rings is 3. The highest BCUT2D eigenvalue weighted by Crippen LogP contribution is 2.58. The highest BCUT2D eigenvalue weighted by Gasteiger charge is 2.59. The molecular formula is C32H32O6. The first-order chi connectivity index (χ1) is 18.3. The number of ketones is 2. The minimum Gasteiger partial charge on any atom is -0.469 e. The second-order valence-corrected chi connectivity index (χ2v) is 9.76. The van der Waals surface area contributed by atoms with Gasteiger partial charge in [0.25, 0.3) is 0 Å². The number of aryl methyl sites for hydroxylation is 1. The van der Waals surface area contributed by atoms with Crippen molar-refractivity contribution in [1.29, 1.82) is 0 Å². The summed E-state index contributed by atoms with van der Waals surface area (Å²) in [6, 6.07) is 22.0.